The summed E-state index contributed by atoms with van der Waals surface area (Å²) in [6, 6.07) is 9.86. The van der Waals surface area contributed by atoms with Crippen LogP contribution < -0.4 is 0 Å². The van der Waals surface area contributed by atoms with Gasteiger partial charge in [-0.1, -0.05) is 30.3 Å². The number of hydrogen-bond acceptors (Lipinski definition) is 2. The Kier molecular flexibility index (Phi) is 2.44. The van der Waals surface area contributed by atoms with E-state index in [4.69, 9.17) is 0 Å². The summed E-state index contributed by atoms with van der Waals surface area (Å²) in [5.74, 6) is -0.662. The number of likely N-dealkylation sites (tertiary alicyclic amines) is 1. The lowest BCUT2D eigenvalue weighted by molar-refractivity contribution is -0.142. The molecular weight excluding hydrogens is 214 g/mol. The molecule has 3 rings (SSSR count). The second-order valence-electron chi connectivity index (χ2n) is 5.45. The van der Waals surface area contributed by atoms with E-state index >= 15 is 0 Å². The molecule has 2 fully saturated rings. The SMILES string of the molecule is O=C(O)C1CC2(CC2)CN1Cc1ccccc1. The zero-order valence-corrected chi connectivity index (χ0v) is 9.80. The fourth-order valence-corrected chi connectivity index (χ4v) is 2.91. The second kappa shape index (κ2) is 3.84. The van der Waals surface area contributed by atoms with Gasteiger partial charge in [0.15, 0.2) is 0 Å². The summed E-state index contributed by atoms with van der Waals surface area (Å²) in [4.78, 5) is 13.4. The Morgan fingerprint density at radius 3 is 2.65 bits per heavy atom. The molecule has 1 N–H and O–H groups in total. The van der Waals surface area contributed by atoms with Gasteiger partial charge < -0.3 is 5.11 Å². The van der Waals surface area contributed by atoms with Crippen LogP contribution in [-0.4, -0.2) is 28.6 Å². The Labute approximate surface area is 101 Å². The van der Waals surface area contributed by atoms with Gasteiger partial charge in [-0.15, -0.1) is 0 Å². The van der Waals surface area contributed by atoms with Crippen molar-refractivity contribution in [1.29, 1.82) is 0 Å². The number of rotatable bonds is 3. The molecule has 1 aromatic carbocycles. The minimum atomic E-state index is -0.662. The summed E-state index contributed by atoms with van der Waals surface area (Å²) in [7, 11) is 0. The number of hydrogen-bond donors (Lipinski definition) is 1. The molecule has 0 aromatic heterocycles. The predicted molar refractivity (Wildman–Crippen MR) is 64.6 cm³/mol. The lowest BCUT2D eigenvalue weighted by atomic mass is 10.0. The van der Waals surface area contributed by atoms with E-state index in [-0.39, 0.29) is 6.04 Å². The highest BCUT2D eigenvalue weighted by atomic mass is 16.4. The van der Waals surface area contributed by atoms with Crippen molar-refractivity contribution in [3.8, 4) is 0 Å². The Morgan fingerprint density at radius 1 is 1.35 bits per heavy atom. The summed E-state index contributed by atoms with van der Waals surface area (Å²) < 4.78 is 0. The van der Waals surface area contributed by atoms with Crippen LogP contribution in [0.2, 0.25) is 0 Å². The summed E-state index contributed by atoms with van der Waals surface area (Å²) in [5, 5.41) is 9.28. The topological polar surface area (TPSA) is 40.5 Å². The highest BCUT2D eigenvalue weighted by Crippen LogP contribution is 2.55. The van der Waals surface area contributed by atoms with Crippen LogP contribution in [0.5, 0.6) is 0 Å². The van der Waals surface area contributed by atoms with Crippen LogP contribution in [0.1, 0.15) is 24.8 Å². The van der Waals surface area contributed by atoms with Crippen molar-refractivity contribution in [2.24, 2.45) is 5.41 Å². The van der Waals surface area contributed by atoms with Crippen molar-refractivity contribution in [2.45, 2.75) is 31.8 Å². The molecule has 1 aliphatic heterocycles. The molecule has 1 aromatic rings. The van der Waals surface area contributed by atoms with Crippen molar-refractivity contribution < 1.29 is 9.90 Å². The van der Waals surface area contributed by atoms with E-state index in [9.17, 15) is 9.90 Å². The first kappa shape index (κ1) is 10.8. The van der Waals surface area contributed by atoms with E-state index in [1.54, 1.807) is 0 Å². The van der Waals surface area contributed by atoms with Crippen molar-refractivity contribution in [3.05, 3.63) is 35.9 Å². The summed E-state index contributed by atoms with van der Waals surface area (Å²) in [5.41, 5.74) is 1.55. The van der Waals surface area contributed by atoms with E-state index in [1.165, 1.54) is 18.4 Å². The number of benzene rings is 1. The molecule has 1 spiro atoms. The quantitative estimate of drug-likeness (QED) is 0.866. The fourth-order valence-electron chi connectivity index (χ4n) is 2.91. The van der Waals surface area contributed by atoms with E-state index in [0.717, 1.165) is 19.5 Å². The second-order valence-corrected chi connectivity index (χ2v) is 5.45. The van der Waals surface area contributed by atoms with Gasteiger partial charge in [-0.05, 0) is 30.2 Å². The van der Waals surface area contributed by atoms with Crippen LogP contribution in [0.4, 0.5) is 0 Å². The molecule has 0 radical (unpaired) electrons. The van der Waals surface area contributed by atoms with Crippen molar-refractivity contribution in [1.82, 2.24) is 4.90 Å². The normalized spacial score (nSPS) is 26.2. The average Bonchev–Trinajstić information content (AvgIpc) is 2.95. The van der Waals surface area contributed by atoms with Crippen LogP contribution in [0.3, 0.4) is 0 Å². The molecule has 3 heteroatoms. The number of carboxylic acid groups (broad SMARTS) is 1. The molecule has 1 saturated heterocycles. The van der Waals surface area contributed by atoms with Crippen LogP contribution in [0.25, 0.3) is 0 Å². The standard InChI is InChI=1S/C14H17NO2/c16-13(17)12-8-14(6-7-14)10-15(12)9-11-4-2-1-3-5-11/h1-5,12H,6-10H2,(H,16,17). The zero-order valence-electron chi connectivity index (χ0n) is 9.80. The third kappa shape index (κ3) is 2.07. The van der Waals surface area contributed by atoms with Gasteiger partial charge in [-0.3, -0.25) is 9.69 Å². The van der Waals surface area contributed by atoms with Gasteiger partial charge in [-0.25, -0.2) is 0 Å². The van der Waals surface area contributed by atoms with Crippen LogP contribution in [-0.2, 0) is 11.3 Å². The Bertz CT molecular complexity index is 425. The van der Waals surface area contributed by atoms with Gasteiger partial charge in [0.25, 0.3) is 0 Å². The molecule has 2 aliphatic rings. The number of carboxylic acids is 1. The maximum absolute atomic E-state index is 11.3. The van der Waals surface area contributed by atoms with Crippen LogP contribution in [0, 0.1) is 5.41 Å². The van der Waals surface area contributed by atoms with Crippen LogP contribution in [0.15, 0.2) is 30.3 Å². The van der Waals surface area contributed by atoms with E-state index < -0.39 is 5.97 Å². The maximum atomic E-state index is 11.3. The molecule has 0 bridgehead atoms. The predicted octanol–water partition coefficient (Wildman–Crippen LogP) is 2.13. The average molecular weight is 231 g/mol. The molecule has 0 amide bonds. The number of carbonyl (C=O) groups is 1. The molecule has 90 valence electrons. The molecule has 1 atom stereocenters. The smallest absolute Gasteiger partial charge is 0.320 e. The summed E-state index contributed by atoms with van der Waals surface area (Å²) in [6.07, 6.45) is 3.26. The Morgan fingerprint density at radius 2 is 2.06 bits per heavy atom. The van der Waals surface area contributed by atoms with Crippen molar-refractivity contribution in [2.75, 3.05) is 6.54 Å². The lowest BCUT2D eigenvalue weighted by Gasteiger charge is -2.20. The fraction of sp³-hybridized carbons (Fsp3) is 0.500. The highest BCUT2D eigenvalue weighted by molar-refractivity contribution is 5.74. The molecule has 17 heavy (non-hydrogen) atoms. The highest BCUT2D eigenvalue weighted by Gasteiger charge is 2.53. The number of nitrogens with zero attached hydrogens (tertiary/aromatic N) is 1. The first-order valence-electron chi connectivity index (χ1n) is 6.19. The third-order valence-electron chi connectivity index (χ3n) is 4.08. The lowest BCUT2D eigenvalue weighted by Crippen LogP contribution is -2.35. The first-order chi connectivity index (χ1) is 8.19. The minimum absolute atomic E-state index is 0.280. The molecule has 1 unspecified atom stereocenters. The van der Waals surface area contributed by atoms with Gasteiger partial charge >= 0.3 is 5.97 Å². The van der Waals surface area contributed by atoms with E-state index in [2.05, 4.69) is 17.0 Å². The Balaban J connectivity index is 1.75. The van der Waals surface area contributed by atoms with Gasteiger partial charge in [0, 0.05) is 13.1 Å². The van der Waals surface area contributed by atoms with E-state index in [1.807, 2.05) is 18.2 Å². The van der Waals surface area contributed by atoms with Gasteiger partial charge in [0.1, 0.15) is 6.04 Å². The zero-order chi connectivity index (χ0) is 11.9. The third-order valence-corrected chi connectivity index (χ3v) is 4.08. The van der Waals surface area contributed by atoms with Gasteiger partial charge in [0.05, 0.1) is 0 Å². The largest absolute Gasteiger partial charge is 0.480 e. The summed E-state index contributed by atoms with van der Waals surface area (Å²) >= 11 is 0. The number of aliphatic carboxylic acids is 1. The molecule has 1 aliphatic carbocycles. The van der Waals surface area contributed by atoms with E-state index in [0.29, 0.717) is 5.41 Å². The van der Waals surface area contributed by atoms with Gasteiger partial charge in [0.2, 0.25) is 0 Å². The van der Waals surface area contributed by atoms with Crippen molar-refractivity contribution in [3.63, 3.8) is 0 Å². The summed E-state index contributed by atoms with van der Waals surface area (Å²) in [6.45, 7) is 1.72. The molecule has 1 heterocycles. The maximum Gasteiger partial charge on any atom is 0.320 e. The van der Waals surface area contributed by atoms with Gasteiger partial charge in [-0.2, -0.15) is 0 Å². The van der Waals surface area contributed by atoms with Crippen LogP contribution >= 0.6 is 0 Å². The monoisotopic (exact) mass is 231 g/mol. The Hall–Kier alpha value is -1.35. The molecule has 1 saturated carbocycles. The minimum Gasteiger partial charge on any atom is -0.480 e. The van der Waals surface area contributed by atoms with Crippen molar-refractivity contribution >= 4 is 5.97 Å². The molecular formula is C14H17NO2. The first-order valence-corrected chi connectivity index (χ1v) is 6.19. The molecule has 3 nitrogen and oxygen atoms in total.